The van der Waals surface area contributed by atoms with Gasteiger partial charge in [-0.3, -0.25) is 4.90 Å². The van der Waals surface area contributed by atoms with Crippen LogP contribution in [0.25, 0.3) is 0 Å². The van der Waals surface area contributed by atoms with Crippen LogP contribution in [0.15, 0.2) is 24.3 Å². The number of hydrogen-bond donors (Lipinski definition) is 2. The summed E-state index contributed by atoms with van der Waals surface area (Å²) in [4.78, 5) is 2.36. The topological polar surface area (TPSA) is 35.5 Å². The average molecular weight is 280 g/mol. The van der Waals surface area contributed by atoms with E-state index in [0.29, 0.717) is 5.92 Å². The van der Waals surface area contributed by atoms with Crippen LogP contribution < -0.4 is 5.32 Å². The summed E-state index contributed by atoms with van der Waals surface area (Å²) in [6, 6.07) is 7.21. The minimum Gasteiger partial charge on any atom is -0.395 e. The normalized spacial score (nSPS) is 25.0. The van der Waals surface area contributed by atoms with Gasteiger partial charge in [-0.15, -0.1) is 0 Å². The van der Waals surface area contributed by atoms with E-state index in [1.54, 1.807) is 12.1 Å². The summed E-state index contributed by atoms with van der Waals surface area (Å²) < 4.78 is 13.3. The van der Waals surface area contributed by atoms with Crippen molar-refractivity contribution in [1.29, 1.82) is 0 Å². The number of likely N-dealkylation sites (tertiary alicyclic amines) is 1. The Balaban J connectivity index is 1.94. The molecule has 0 spiro atoms. The molecular formula is C16H25FN2O. The average Bonchev–Trinajstić information content (AvgIpc) is 2.80. The first-order chi connectivity index (χ1) is 9.65. The van der Waals surface area contributed by atoms with Gasteiger partial charge in [-0.1, -0.05) is 19.1 Å². The van der Waals surface area contributed by atoms with Crippen molar-refractivity contribution in [2.45, 2.75) is 31.8 Å². The monoisotopic (exact) mass is 280 g/mol. The van der Waals surface area contributed by atoms with E-state index in [1.165, 1.54) is 6.07 Å². The first-order valence-electron chi connectivity index (χ1n) is 7.43. The van der Waals surface area contributed by atoms with Crippen LogP contribution in [0, 0.1) is 11.7 Å². The summed E-state index contributed by atoms with van der Waals surface area (Å²) in [6.07, 6.45) is 2.07. The van der Waals surface area contributed by atoms with Crippen molar-refractivity contribution in [1.82, 2.24) is 10.2 Å². The highest BCUT2D eigenvalue weighted by atomic mass is 19.1. The van der Waals surface area contributed by atoms with Crippen molar-refractivity contribution >= 4 is 0 Å². The molecule has 112 valence electrons. The number of nitrogens with zero attached hydrogens (tertiary/aromatic N) is 1. The van der Waals surface area contributed by atoms with Crippen LogP contribution in [0.1, 0.15) is 31.4 Å². The molecule has 0 amide bonds. The van der Waals surface area contributed by atoms with Crippen LogP contribution in [0.2, 0.25) is 0 Å². The van der Waals surface area contributed by atoms with Crippen molar-refractivity contribution in [3.63, 3.8) is 0 Å². The fourth-order valence-corrected chi connectivity index (χ4v) is 3.16. The van der Waals surface area contributed by atoms with Gasteiger partial charge in [0.1, 0.15) is 5.82 Å². The van der Waals surface area contributed by atoms with Crippen LogP contribution in [0.5, 0.6) is 0 Å². The molecule has 1 aromatic rings. The molecule has 1 saturated heterocycles. The maximum Gasteiger partial charge on any atom is 0.123 e. The van der Waals surface area contributed by atoms with Crippen LogP contribution >= 0.6 is 0 Å². The molecule has 0 bridgehead atoms. The fourth-order valence-electron chi connectivity index (χ4n) is 3.16. The second-order valence-corrected chi connectivity index (χ2v) is 5.74. The van der Waals surface area contributed by atoms with E-state index in [4.69, 9.17) is 0 Å². The van der Waals surface area contributed by atoms with Gasteiger partial charge in [0.25, 0.3) is 0 Å². The zero-order valence-corrected chi connectivity index (χ0v) is 12.3. The largest absolute Gasteiger partial charge is 0.395 e. The van der Waals surface area contributed by atoms with Crippen LogP contribution in [-0.2, 0) is 0 Å². The summed E-state index contributed by atoms with van der Waals surface area (Å²) >= 11 is 0. The summed E-state index contributed by atoms with van der Waals surface area (Å²) in [5.74, 6) is 0.369. The lowest BCUT2D eigenvalue weighted by Gasteiger charge is -2.27. The van der Waals surface area contributed by atoms with Crippen LogP contribution in [0.3, 0.4) is 0 Å². The number of aliphatic hydroxyl groups excluding tert-OH is 1. The first-order valence-corrected chi connectivity index (χ1v) is 7.43. The number of benzene rings is 1. The molecule has 4 heteroatoms. The van der Waals surface area contributed by atoms with Crippen molar-refractivity contribution in [3.05, 3.63) is 35.6 Å². The highest BCUT2D eigenvalue weighted by Crippen LogP contribution is 2.25. The molecule has 20 heavy (non-hydrogen) atoms. The Bertz CT molecular complexity index is 427. The highest BCUT2D eigenvalue weighted by molar-refractivity contribution is 5.20. The van der Waals surface area contributed by atoms with Gasteiger partial charge in [0.15, 0.2) is 0 Å². The van der Waals surface area contributed by atoms with E-state index in [0.717, 1.165) is 31.5 Å². The zero-order chi connectivity index (χ0) is 14.5. The van der Waals surface area contributed by atoms with Crippen LogP contribution in [-0.4, -0.2) is 42.8 Å². The Morgan fingerprint density at radius 1 is 1.50 bits per heavy atom. The Morgan fingerprint density at radius 3 is 2.95 bits per heavy atom. The smallest absolute Gasteiger partial charge is 0.123 e. The van der Waals surface area contributed by atoms with Crippen molar-refractivity contribution in [2.75, 3.05) is 26.7 Å². The molecule has 1 aliphatic rings. The molecule has 3 nitrogen and oxygen atoms in total. The summed E-state index contributed by atoms with van der Waals surface area (Å²) in [7, 11) is 1.91. The maximum atomic E-state index is 13.3. The lowest BCUT2D eigenvalue weighted by molar-refractivity contribution is 0.135. The standard InChI is InChI=1S/C16H25FN2O/c1-12-6-8-19(16(12)11-20)9-7-15(18-2)13-4-3-5-14(17)10-13/h3-5,10,12,15-16,18,20H,6-9,11H2,1-2H3. The molecule has 3 unspecified atom stereocenters. The van der Waals surface area contributed by atoms with E-state index in [-0.39, 0.29) is 24.5 Å². The van der Waals surface area contributed by atoms with Gasteiger partial charge in [-0.05, 0) is 50.0 Å². The fraction of sp³-hybridized carbons (Fsp3) is 0.625. The molecule has 1 fully saturated rings. The molecule has 2 N–H and O–H groups in total. The maximum absolute atomic E-state index is 13.3. The van der Waals surface area contributed by atoms with Gasteiger partial charge >= 0.3 is 0 Å². The number of hydrogen-bond acceptors (Lipinski definition) is 3. The number of nitrogens with one attached hydrogen (secondary N) is 1. The third-order valence-corrected chi connectivity index (χ3v) is 4.49. The van der Waals surface area contributed by atoms with Crippen molar-refractivity contribution < 1.29 is 9.50 Å². The second-order valence-electron chi connectivity index (χ2n) is 5.74. The molecule has 1 aliphatic heterocycles. The van der Waals surface area contributed by atoms with Gasteiger partial charge in [0.2, 0.25) is 0 Å². The van der Waals surface area contributed by atoms with E-state index in [2.05, 4.69) is 17.1 Å². The van der Waals surface area contributed by atoms with Crippen molar-refractivity contribution in [2.24, 2.45) is 5.92 Å². The summed E-state index contributed by atoms with van der Waals surface area (Å²) in [5, 5.41) is 12.7. The Hall–Kier alpha value is -0.970. The highest BCUT2D eigenvalue weighted by Gasteiger charge is 2.30. The molecule has 2 rings (SSSR count). The van der Waals surface area contributed by atoms with E-state index >= 15 is 0 Å². The molecule has 3 atom stereocenters. The van der Waals surface area contributed by atoms with Gasteiger partial charge < -0.3 is 10.4 Å². The van der Waals surface area contributed by atoms with Gasteiger partial charge in [-0.2, -0.15) is 0 Å². The number of rotatable bonds is 6. The molecule has 1 aromatic carbocycles. The lowest BCUT2D eigenvalue weighted by atomic mass is 10.0. The SMILES string of the molecule is CNC(CCN1CCC(C)C1CO)c1cccc(F)c1. The minimum absolute atomic E-state index is 0.154. The van der Waals surface area contributed by atoms with E-state index < -0.39 is 0 Å². The molecule has 0 radical (unpaired) electrons. The predicted molar refractivity (Wildman–Crippen MR) is 79.0 cm³/mol. The predicted octanol–water partition coefficient (Wildman–Crippen LogP) is 2.18. The third-order valence-electron chi connectivity index (χ3n) is 4.49. The van der Waals surface area contributed by atoms with Crippen LogP contribution in [0.4, 0.5) is 4.39 Å². The number of halogens is 1. The summed E-state index contributed by atoms with van der Waals surface area (Å²) in [5.41, 5.74) is 0.986. The van der Waals surface area contributed by atoms with Gasteiger partial charge in [0.05, 0.1) is 6.61 Å². The number of aliphatic hydroxyl groups is 1. The van der Waals surface area contributed by atoms with E-state index in [9.17, 15) is 9.50 Å². The molecule has 0 aromatic heterocycles. The molecule has 1 heterocycles. The first kappa shape index (κ1) is 15.4. The molecular weight excluding hydrogens is 255 g/mol. The van der Waals surface area contributed by atoms with E-state index in [1.807, 2.05) is 13.1 Å². The summed E-state index contributed by atoms with van der Waals surface area (Å²) in [6.45, 7) is 4.40. The molecule has 0 saturated carbocycles. The lowest BCUT2D eigenvalue weighted by Crippen LogP contribution is -2.37. The van der Waals surface area contributed by atoms with Gasteiger partial charge in [-0.25, -0.2) is 4.39 Å². The Morgan fingerprint density at radius 2 is 2.30 bits per heavy atom. The Kier molecular flexibility index (Phi) is 5.52. The van der Waals surface area contributed by atoms with Gasteiger partial charge in [0, 0.05) is 18.6 Å². The van der Waals surface area contributed by atoms with Crippen molar-refractivity contribution in [3.8, 4) is 0 Å². The molecule has 0 aliphatic carbocycles. The second kappa shape index (κ2) is 7.16. The third kappa shape index (κ3) is 3.57. The Labute approximate surface area is 120 Å². The quantitative estimate of drug-likeness (QED) is 0.838. The minimum atomic E-state index is -0.189. The zero-order valence-electron chi connectivity index (χ0n) is 12.3.